The number of benzene rings is 1. The number of aromatic nitrogens is 2. The van der Waals surface area contributed by atoms with Crippen LogP contribution in [0.2, 0.25) is 5.02 Å². The molecule has 0 amide bonds. The molecular formula is C14H18ClN3. The van der Waals surface area contributed by atoms with Crippen LogP contribution in [0.3, 0.4) is 0 Å². The number of fused-ring (bicyclic) bond motifs is 1. The van der Waals surface area contributed by atoms with Gasteiger partial charge in [-0.15, -0.1) is 0 Å². The average molecular weight is 264 g/mol. The topological polar surface area (TPSA) is 29.9 Å². The second-order valence-corrected chi connectivity index (χ2v) is 5.53. The Labute approximate surface area is 112 Å². The molecule has 0 bridgehead atoms. The Kier molecular flexibility index (Phi) is 3.04. The van der Waals surface area contributed by atoms with Gasteiger partial charge in [0.05, 0.1) is 11.0 Å². The zero-order chi connectivity index (χ0) is 12.7. The summed E-state index contributed by atoms with van der Waals surface area (Å²) in [4.78, 5) is 4.74. The van der Waals surface area contributed by atoms with Crippen molar-refractivity contribution in [1.29, 1.82) is 0 Å². The molecule has 0 spiro atoms. The lowest BCUT2D eigenvalue weighted by molar-refractivity contribution is 0.575. The van der Waals surface area contributed by atoms with E-state index < -0.39 is 0 Å². The van der Waals surface area contributed by atoms with Gasteiger partial charge in [-0.25, -0.2) is 4.98 Å². The molecule has 1 aromatic heterocycles. The van der Waals surface area contributed by atoms with Gasteiger partial charge in [0.1, 0.15) is 5.82 Å². The van der Waals surface area contributed by atoms with E-state index in [-0.39, 0.29) is 0 Å². The van der Waals surface area contributed by atoms with E-state index in [0.29, 0.717) is 6.04 Å². The van der Waals surface area contributed by atoms with Gasteiger partial charge in [-0.2, -0.15) is 0 Å². The Morgan fingerprint density at radius 1 is 1.50 bits per heavy atom. The molecule has 1 aromatic carbocycles. The molecule has 3 rings (SSSR count). The lowest BCUT2D eigenvalue weighted by atomic mass is 10.1. The molecule has 2 heterocycles. The van der Waals surface area contributed by atoms with Gasteiger partial charge in [-0.05, 0) is 44.0 Å². The van der Waals surface area contributed by atoms with Crippen LogP contribution >= 0.6 is 11.6 Å². The first kappa shape index (κ1) is 12.0. The Morgan fingerprint density at radius 2 is 2.33 bits per heavy atom. The second-order valence-electron chi connectivity index (χ2n) is 5.12. The maximum absolute atomic E-state index is 6.19. The highest BCUT2D eigenvalue weighted by atomic mass is 35.5. The number of imidazole rings is 1. The molecule has 2 aromatic rings. The van der Waals surface area contributed by atoms with Gasteiger partial charge in [-0.1, -0.05) is 11.6 Å². The zero-order valence-corrected chi connectivity index (χ0v) is 11.6. The summed E-state index contributed by atoms with van der Waals surface area (Å²) in [5.74, 6) is 1.15. The molecule has 1 aliphatic heterocycles. The van der Waals surface area contributed by atoms with Crippen LogP contribution in [0.5, 0.6) is 0 Å². The van der Waals surface area contributed by atoms with Crippen molar-refractivity contribution in [3.8, 4) is 0 Å². The fourth-order valence-electron chi connectivity index (χ4n) is 2.85. The smallest absolute Gasteiger partial charge is 0.111 e. The summed E-state index contributed by atoms with van der Waals surface area (Å²) in [5, 5.41) is 4.34. The Balaban J connectivity index is 2.02. The largest absolute Gasteiger partial charge is 0.331 e. The molecule has 0 saturated carbocycles. The lowest BCUT2D eigenvalue weighted by Crippen LogP contribution is -2.25. The minimum Gasteiger partial charge on any atom is -0.331 e. The van der Waals surface area contributed by atoms with Crippen molar-refractivity contribution in [2.45, 2.75) is 32.2 Å². The SMILES string of the molecule is Cc1c(Cl)ccc2nc(CC3CCCN3)n(C)c12. The van der Waals surface area contributed by atoms with E-state index in [9.17, 15) is 0 Å². The van der Waals surface area contributed by atoms with Crippen molar-refractivity contribution in [1.82, 2.24) is 14.9 Å². The highest BCUT2D eigenvalue weighted by Gasteiger charge is 2.18. The normalized spacial score (nSPS) is 19.8. The summed E-state index contributed by atoms with van der Waals surface area (Å²) in [7, 11) is 2.09. The predicted molar refractivity (Wildman–Crippen MR) is 75.2 cm³/mol. The summed E-state index contributed by atoms with van der Waals surface area (Å²) in [6.45, 7) is 3.20. The summed E-state index contributed by atoms with van der Waals surface area (Å²) < 4.78 is 2.19. The van der Waals surface area contributed by atoms with E-state index in [1.807, 2.05) is 12.1 Å². The minimum absolute atomic E-state index is 0.580. The van der Waals surface area contributed by atoms with Crippen LogP contribution in [0.1, 0.15) is 24.2 Å². The molecule has 3 nitrogen and oxygen atoms in total. The van der Waals surface area contributed by atoms with E-state index in [2.05, 4.69) is 23.9 Å². The first-order valence-electron chi connectivity index (χ1n) is 6.50. The number of nitrogens with one attached hydrogen (secondary N) is 1. The Morgan fingerprint density at radius 3 is 3.06 bits per heavy atom. The van der Waals surface area contributed by atoms with Gasteiger partial charge in [0.2, 0.25) is 0 Å². The van der Waals surface area contributed by atoms with Crippen LogP contribution in [0.25, 0.3) is 11.0 Å². The third kappa shape index (κ3) is 1.91. The Hall–Kier alpha value is -1.06. The monoisotopic (exact) mass is 263 g/mol. The summed E-state index contributed by atoms with van der Waals surface area (Å²) >= 11 is 6.19. The number of aryl methyl sites for hydroxylation is 2. The number of halogens is 1. The molecule has 1 saturated heterocycles. The third-order valence-corrected chi connectivity index (χ3v) is 4.32. The lowest BCUT2D eigenvalue weighted by Gasteiger charge is -2.10. The minimum atomic E-state index is 0.580. The molecule has 18 heavy (non-hydrogen) atoms. The van der Waals surface area contributed by atoms with Crippen molar-refractivity contribution in [2.24, 2.45) is 7.05 Å². The second kappa shape index (κ2) is 4.56. The van der Waals surface area contributed by atoms with Crippen molar-refractivity contribution in [2.75, 3.05) is 6.54 Å². The molecule has 1 N–H and O–H groups in total. The fourth-order valence-corrected chi connectivity index (χ4v) is 3.00. The van der Waals surface area contributed by atoms with Gasteiger partial charge in [0.15, 0.2) is 0 Å². The predicted octanol–water partition coefficient (Wildman–Crippen LogP) is 2.83. The Bertz CT molecular complexity index is 582. The first-order chi connectivity index (χ1) is 8.66. The van der Waals surface area contributed by atoms with Crippen LogP contribution < -0.4 is 5.32 Å². The summed E-state index contributed by atoms with van der Waals surface area (Å²) in [6, 6.07) is 4.52. The maximum atomic E-state index is 6.19. The standard InChI is InChI=1S/C14H18ClN3/c1-9-11(15)5-6-12-14(9)18(2)13(17-12)8-10-4-3-7-16-10/h5-6,10,16H,3-4,7-8H2,1-2H3. The third-order valence-electron chi connectivity index (χ3n) is 3.91. The van der Waals surface area contributed by atoms with Gasteiger partial charge in [-0.3, -0.25) is 0 Å². The number of hydrogen-bond acceptors (Lipinski definition) is 2. The average Bonchev–Trinajstić information content (AvgIpc) is 2.95. The van der Waals surface area contributed by atoms with E-state index >= 15 is 0 Å². The van der Waals surface area contributed by atoms with Crippen LogP contribution in [0.4, 0.5) is 0 Å². The van der Waals surface area contributed by atoms with Crippen LogP contribution in [-0.2, 0) is 13.5 Å². The molecule has 1 aliphatic rings. The van der Waals surface area contributed by atoms with E-state index in [4.69, 9.17) is 16.6 Å². The van der Waals surface area contributed by atoms with E-state index in [0.717, 1.165) is 40.4 Å². The zero-order valence-electron chi connectivity index (χ0n) is 10.8. The quantitative estimate of drug-likeness (QED) is 0.903. The molecular weight excluding hydrogens is 246 g/mol. The van der Waals surface area contributed by atoms with Crippen LogP contribution in [-0.4, -0.2) is 22.1 Å². The van der Waals surface area contributed by atoms with Gasteiger partial charge < -0.3 is 9.88 Å². The fraction of sp³-hybridized carbons (Fsp3) is 0.500. The van der Waals surface area contributed by atoms with E-state index in [1.165, 1.54) is 12.8 Å². The molecule has 0 radical (unpaired) electrons. The van der Waals surface area contributed by atoms with Gasteiger partial charge >= 0.3 is 0 Å². The molecule has 4 heteroatoms. The number of nitrogens with zero attached hydrogens (tertiary/aromatic N) is 2. The summed E-state index contributed by atoms with van der Waals surface area (Å²) in [5.41, 5.74) is 3.33. The molecule has 1 fully saturated rings. The first-order valence-corrected chi connectivity index (χ1v) is 6.88. The number of rotatable bonds is 2. The van der Waals surface area contributed by atoms with Crippen molar-refractivity contribution in [3.63, 3.8) is 0 Å². The molecule has 0 aliphatic carbocycles. The van der Waals surface area contributed by atoms with Crippen molar-refractivity contribution in [3.05, 3.63) is 28.5 Å². The van der Waals surface area contributed by atoms with Crippen molar-refractivity contribution >= 4 is 22.6 Å². The highest BCUT2D eigenvalue weighted by molar-refractivity contribution is 6.32. The molecule has 1 atom stereocenters. The van der Waals surface area contributed by atoms with Crippen molar-refractivity contribution < 1.29 is 0 Å². The number of hydrogen-bond donors (Lipinski definition) is 1. The molecule has 96 valence electrons. The molecule has 1 unspecified atom stereocenters. The van der Waals surface area contributed by atoms with Gasteiger partial charge in [0.25, 0.3) is 0 Å². The highest BCUT2D eigenvalue weighted by Crippen LogP contribution is 2.26. The van der Waals surface area contributed by atoms with E-state index in [1.54, 1.807) is 0 Å². The van der Waals surface area contributed by atoms with Crippen LogP contribution in [0, 0.1) is 6.92 Å². The van der Waals surface area contributed by atoms with Gasteiger partial charge in [0, 0.05) is 24.5 Å². The summed E-state index contributed by atoms with van der Waals surface area (Å²) in [6.07, 6.45) is 3.53. The maximum Gasteiger partial charge on any atom is 0.111 e. The van der Waals surface area contributed by atoms with Crippen LogP contribution in [0.15, 0.2) is 12.1 Å².